The third-order valence-corrected chi connectivity index (χ3v) is 8.46. The maximum Gasteiger partial charge on any atom is 0.242 e. The van der Waals surface area contributed by atoms with Crippen LogP contribution in [0.15, 0.2) is 53.3 Å². The predicted octanol–water partition coefficient (Wildman–Crippen LogP) is 2.97. The monoisotopic (exact) mass is 614 g/mol. The molecule has 3 amide bonds. The second-order valence-corrected chi connectivity index (χ2v) is 11.1. The molecule has 3 aromatic carbocycles. The first-order chi connectivity index (χ1) is 21.7. The Hall–Kier alpha value is -5.06. The van der Waals surface area contributed by atoms with Gasteiger partial charge in [-0.25, -0.2) is 0 Å². The summed E-state index contributed by atoms with van der Waals surface area (Å²) >= 11 is 0. The molecule has 0 saturated carbocycles. The average molecular weight is 615 g/mol. The molecule has 45 heavy (non-hydrogen) atoms. The van der Waals surface area contributed by atoms with Crippen LogP contribution in [0.25, 0.3) is 11.1 Å². The summed E-state index contributed by atoms with van der Waals surface area (Å²) in [5.41, 5.74) is 4.80. The van der Waals surface area contributed by atoms with Gasteiger partial charge < -0.3 is 35.1 Å². The topological polar surface area (TPSA) is 135 Å². The number of nitrogens with one attached hydrogen (secondary N) is 3. The molecule has 0 fully saturated rings. The molecule has 1 aliphatic heterocycles. The van der Waals surface area contributed by atoms with Gasteiger partial charge in [-0.15, -0.1) is 0 Å². The van der Waals surface area contributed by atoms with Crippen LogP contribution in [0, 0.1) is 0 Å². The van der Waals surface area contributed by atoms with Crippen molar-refractivity contribution in [3.05, 3.63) is 81.0 Å². The summed E-state index contributed by atoms with van der Waals surface area (Å²) < 4.78 is 17.1. The van der Waals surface area contributed by atoms with E-state index in [4.69, 9.17) is 14.2 Å². The number of benzene rings is 2. The fourth-order valence-corrected chi connectivity index (χ4v) is 6.31. The number of likely N-dealkylation sites (N-methyl/N-ethyl adjacent to an activating group) is 1. The normalized spacial score (nSPS) is 16.6. The largest absolute Gasteiger partial charge is 0.493 e. The third kappa shape index (κ3) is 6.15. The quantitative estimate of drug-likeness (QED) is 0.353. The number of anilines is 1. The Morgan fingerprint density at radius 1 is 0.933 bits per heavy atom. The zero-order valence-electron chi connectivity index (χ0n) is 26.1. The second kappa shape index (κ2) is 13.3. The van der Waals surface area contributed by atoms with Crippen LogP contribution in [0.2, 0.25) is 0 Å². The maximum absolute atomic E-state index is 13.7. The van der Waals surface area contributed by atoms with Crippen molar-refractivity contribution in [1.29, 1.82) is 0 Å². The van der Waals surface area contributed by atoms with E-state index < -0.39 is 12.1 Å². The number of methoxy groups -OCH3 is 3. The van der Waals surface area contributed by atoms with Gasteiger partial charge in [-0.2, -0.15) is 0 Å². The van der Waals surface area contributed by atoms with Crippen LogP contribution in [0.1, 0.15) is 41.6 Å². The second-order valence-electron chi connectivity index (χ2n) is 11.1. The lowest BCUT2D eigenvalue weighted by Crippen LogP contribution is -2.53. The third-order valence-electron chi connectivity index (χ3n) is 8.46. The van der Waals surface area contributed by atoms with Gasteiger partial charge in [0.2, 0.25) is 28.9 Å². The van der Waals surface area contributed by atoms with Gasteiger partial charge in [-0.1, -0.05) is 30.3 Å². The minimum Gasteiger partial charge on any atom is -0.493 e. The van der Waals surface area contributed by atoms with Gasteiger partial charge in [0.15, 0.2) is 11.5 Å². The van der Waals surface area contributed by atoms with Gasteiger partial charge in [-0.3, -0.25) is 19.2 Å². The Balaban J connectivity index is 1.53. The van der Waals surface area contributed by atoms with E-state index in [0.717, 1.165) is 22.3 Å². The number of hydrogen-bond acceptors (Lipinski definition) is 8. The fraction of sp³-hybridized carbons (Fsp3) is 0.353. The lowest BCUT2D eigenvalue weighted by atomic mass is 9.93. The number of carbonyl (C=O) groups is 3. The molecular formula is C34H38N4O7. The zero-order valence-corrected chi connectivity index (χ0v) is 26.1. The molecule has 2 aliphatic rings. The first-order valence-corrected chi connectivity index (χ1v) is 14.8. The lowest BCUT2D eigenvalue weighted by molar-refractivity contribution is -0.140. The van der Waals surface area contributed by atoms with Crippen molar-refractivity contribution in [1.82, 2.24) is 15.5 Å². The predicted molar refractivity (Wildman–Crippen MR) is 170 cm³/mol. The Labute approximate surface area is 261 Å². The van der Waals surface area contributed by atoms with Gasteiger partial charge >= 0.3 is 0 Å². The minimum atomic E-state index is -0.664. The molecular weight excluding hydrogens is 576 g/mol. The van der Waals surface area contributed by atoms with Crippen molar-refractivity contribution in [3.8, 4) is 28.4 Å². The van der Waals surface area contributed by atoms with Gasteiger partial charge in [-0.05, 0) is 58.9 Å². The van der Waals surface area contributed by atoms with Crippen molar-refractivity contribution < 1.29 is 28.6 Å². The summed E-state index contributed by atoms with van der Waals surface area (Å²) in [4.78, 5) is 53.7. The number of aryl methyl sites for hydroxylation is 1. The molecule has 1 aliphatic carbocycles. The smallest absolute Gasteiger partial charge is 0.242 e. The van der Waals surface area contributed by atoms with Crippen LogP contribution in [0.4, 0.5) is 5.69 Å². The molecule has 11 heteroatoms. The Morgan fingerprint density at radius 3 is 2.33 bits per heavy atom. The number of ether oxygens (including phenoxy) is 3. The summed E-state index contributed by atoms with van der Waals surface area (Å²) in [7, 11) is 6.17. The molecule has 2 unspecified atom stereocenters. The average Bonchev–Trinajstić information content (AvgIpc) is 3.29. The van der Waals surface area contributed by atoms with Gasteiger partial charge in [0, 0.05) is 32.5 Å². The van der Waals surface area contributed by atoms with Crippen LogP contribution in [-0.4, -0.2) is 63.6 Å². The molecule has 0 bridgehead atoms. The Bertz CT molecular complexity index is 1710. The first kappa shape index (κ1) is 31.4. The van der Waals surface area contributed by atoms with Crippen LogP contribution in [0.5, 0.6) is 17.2 Å². The molecule has 3 N–H and O–H groups in total. The Kier molecular flexibility index (Phi) is 9.26. The fourth-order valence-electron chi connectivity index (χ4n) is 6.31. The molecule has 2 atom stereocenters. The summed E-state index contributed by atoms with van der Waals surface area (Å²) in [5.74, 6) is 0.579. The van der Waals surface area contributed by atoms with E-state index >= 15 is 0 Å². The van der Waals surface area contributed by atoms with Crippen LogP contribution in [0.3, 0.4) is 0 Å². The van der Waals surface area contributed by atoms with Gasteiger partial charge in [0.05, 0.1) is 39.6 Å². The number of hydrogen-bond donors (Lipinski definition) is 3. The van der Waals surface area contributed by atoms with Crippen molar-refractivity contribution in [2.75, 3.05) is 40.2 Å². The highest BCUT2D eigenvalue weighted by Crippen LogP contribution is 2.50. The SMILES string of the molecule is CNC(=O)C1Cc2ccccc2CN1C(=O)CNc1ccc2c(cc1=O)C(NC(C)=O)CCc1cc(OC)c(OC)c(OC)c1-2. The maximum atomic E-state index is 13.7. The summed E-state index contributed by atoms with van der Waals surface area (Å²) in [5, 5.41) is 8.67. The molecule has 236 valence electrons. The highest BCUT2D eigenvalue weighted by atomic mass is 16.5. The summed E-state index contributed by atoms with van der Waals surface area (Å²) in [6.45, 7) is 1.53. The number of carbonyl (C=O) groups excluding carboxylic acids is 3. The van der Waals surface area contributed by atoms with E-state index in [9.17, 15) is 19.2 Å². The van der Waals surface area contributed by atoms with Crippen LogP contribution >= 0.6 is 0 Å². The van der Waals surface area contributed by atoms with E-state index in [1.165, 1.54) is 20.1 Å². The number of nitrogens with zero attached hydrogens (tertiary/aromatic N) is 1. The van der Waals surface area contributed by atoms with Crippen LogP contribution in [-0.2, 0) is 33.8 Å². The highest BCUT2D eigenvalue weighted by Gasteiger charge is 2.34. The first-order valence-electron chi connectivity index (χ1n) is 14.8. The molecule has 1 heterocycles. The van der Waals surface area contributed by atoms with Crippen LogP contribution < -0.4 is 35.6 Å². The molecule has 3 aromatic rings. The molecule has 11 nitrogen and oxygen atoms in total. The van der Waals surface area contributed by atoms with Crippen molar-refractivity contribution in [2.24, 2.45) is 0 Å². The van der Waals surface area contributed by atoms with Crippen molar-refractivity contribution >= 4 is 23.4 Å². The van der Waals surface area contributed by atoms with E-state index in [-0.39, 0.29) is 41.9 Å². The van der Waals surface area contributed by atoms with E-state index in [2.05, 4.69) is 16.0 Å². The Morgan fingerprint density at radius 2 is 1.67 bits per heavy atom. The highest BCUT2D eigenvalue weighted by molar-refractivity contribution is 5.90. The zero-order chi connectivity index (χ0) is 32.2. The van der Waals surface area contributed by atoms with E-state index in [0.29, 0.717) is 47.6 Å². The standard InChI is InChI=1S/C34H38N4O7/c1-19(39)37-25-12-10-21-15-29(43-3)32(44-4)33(45-5)31(21)23-11-13-26(28(40)16-24(23)25)36-17-30(41)38-18-22-9-7-6-8-20(22)14-27(38)34(42)35-2/h6-9,11,13,15-16,25,27H,10,12,14,17-18H2,1-5H3,(H,35,42)(H,36,40)(H,37,39). The number of amides is 3. The molecule has 0 spiro atoms. The number of fused-ring (bicyclic) bond motifs is 4. The minimum absolute atomic E-state index is 0.195. The van der Waals surface area contributed by atoms with Gasteiger partial charge in [0.1, 0.15) is 6.04 Å². The lowest BCUT2D eigenvalue weighted by Gasteiger charge is -2.35. The van der Waals surface area contributed by atoms with E-state index in [1.54, 1.807) is 38.3 Å². The van der Waals surface area contributed by atoms with Crippen molar-refractivity contribution in [3.63, 3.8) is 0 Å². The molecule has 0 saturated heterocycles. The number of rotatable bonds is 8. The molecule has 5 rings (SSSR count). The molecule has 0 aromatic heterocycles. The molecule has 0 radical (unpaired) electrons. The summed E-state index contributed by atoms with van der Waals surface area (Å²) in [6.07, 6.45) is 1.51. The van der Waals surface area contributed by atoms with Gasteiger partial charge in [0.25, 0.3) is 0 Å². The van der Waals surface area contributed by atoms with E-state index in [1.807, 2.05) is 30.3 Å². The summed E-state index contributed by atoms with van der Waals surface area (Å²) in [6, 6.07) is 13.4. The van der Waals surface area contributed by atoms with Crippen molar-refractivity contribution in [2.45, 2.75) is 44.8 Å².